The smallest absolute Gasteiger partial charge is 0.120 e. The number of hydrogen-bond acceptors (Lipinski definition) is 3. The number of hydrogen-bond donors (Lipinski definition) is 1. The highest BCUT2D eigenvalue weighted by Crippen LogP contribution is 2.22. The van der Waals surface area contributed by atoms with Crippen LogP contribution in [0.4, 0.5) is 0 Å². The first-order valence-corrected chi connectivity index (χ1v) is 6.82. The maximum absolute atomic E-state index is 5.64. The quantitative estimate of drug-likeness (QED) is 0.829. The van der Waals surface area contributed by atoms with Gasteiger partial charge in [0.15, 0.2) is 0 Å². The van der Waals surface area contributed by atoms with Gasteiger partial charge in [-0.05, 0) is 37.6 Å². The van der Waals surface area contributed by atoms with Crippen LogP contribution in [0, 0.1) is 0 Å². The fraction of sp³-hybridized carbons (Fsp3) is 0.375. The van der Waals surface area contributed by atoms with Gasteiger partial charge in [-0.15, -0.1) is 0 Å². The van der Waals surface area contributed by atoms with E-state index in [1.807, 2.05) is 18.2 Å². The molecule has 3 heteroatoms. The molecule has 0 aliphatic carbocycles. The normalized spacial score (nSPS) is 12.8. The molecule has 0 amide bonds. The molecule has 19 heavy (non-hydrogen) atoms. The van der Waals surface area contributed by atoms with E-state index in [0.717, 1.165) is 31.8 Å². The van der Waals surface area contributed by atoms with Gasteiger partial charge < -0.3 is 10.2 Å². The average molecular weight is 258 g/mol. The Morgan fingerprint density at radius 3 is 2.58 bits per heavy atom. The highest BCUT2D eigenvalue weighted by Gasteiger charge is 2.17. The van der Waals surface area contributed by atoms with Crippen molar-refractivity contribution >= 4 is 0 Å². The molecule has 0 fully saturated rings. The zero-order chi connectivity index (χ0) is 13.5. The lowest BCUT2D eigenvalue weighted by atomic mass is 10.1. The molecule has 2 rings (SSSR count). The predicted molar refractivity (Wildman–Crippen MR) is 77.6 cm³/mol. The number of rotatable bonds is 7. The van der Waals surface area contributed by atoms with E-state index in [4.69, 9.17) is 10.2 Å². The van der Waals surface area contributed by atoms with Crippen LogP contribution >= 0.6 is 0 Å². The highest BCUT2D eigenvalue weighted by atomic mass is 16.3. The summed E-state index contributed by atoms with van der Waals surface area (Å²) in [5.74, 6) is 1.01. The second kappa shape index (κ2) is 7.12. The van der Waals surface area contributed by atoms with Crippen molar-refractivity contribution < 1.29 is 4.42 Å². The van der Waals surface area contributed by atoms with Crippen LogP contribution in [-0.2, 0) is 6.54 Å². The van der Waals surface area contributed by atoms with E-state index in [2.05, 4.69) is 36.1 Å². The Morgan fingerprint density at radius 2 is 1.95 bits per heavy atom. The standard InChI is InChI=1S/C16H22N2O/c1-14(16-9-5-12-19-16)18(11-6-10-17)13-15-7-3-2-4-8-15/h2-5,7-9,12,14H,6,10-11,13,17H2,1H3. The second-order valence-electron chi connectivity index (χ2n) is 4.79. The van der Waals surface area contributed by atoms with Crippen LogP contribution in [0.5, 0.6) is 0 Å². The summed E-state index contributed by atoms with van der Waals surface area (Å²) in [6.07, 6.45) is 2.73. The van der Waals surface area contributed by atoms with Crippen molar-refractivity contribution in [3.8, 4) is 0 Å². The van der Waals surface area contributed by atoms with Crippen LogP contribution in [0.15, 0.2) is 53.1 Å². The van der Waals surface area contributed by atoms with Crippen molar-refractivity contribution in [1.82, 2.24) is 4.90 Å². The van der Waals surface area contributed by atoms with Gasteiger partial charge in [0.05, 0.1) is 12.3 Å². The fourth-order valence-corrected chi connectivity index (χ4v) is 2.23. The maximum Gasteiger partial charge on any atom is 0.120 e. The van der Waals surface area contributed by atoms with Crippen LogP contribution in [0.3, 0.4) is 0 Å². The van der Waals surface area contributed by atoms with Gasteiger partial charge in [-0.1, -0.05) is 30.3 Å². The van der Waals surface area contributed by atoms with Crippen LogP contribution < -0.4 is 5.73 Å². The van der Waals surface area contributed by atoms with Gasteiger partial charge in [0.2, 0.25) is 0 Å². The third-order valence-electron chi connectivity index (χ3n) is 3.38. The minimum Gasteiger partial charge on any atom is -0.468 e. The zero-order valence-electron chi connectivity index (χ0n) is 11.5. The summed E-state index contributed by atoms with van der Waals surface area (Å²) in [7, 11) is 0. The first kappa shape index (κ1) is 13.8. The van der Waals surface area contributed by atoms with Gasteiger partial charge in [-0.3, -0.25) is 4.90 Å². The van der Waals surface area contributed by atoms with Gasteiger partial charge in [0.25, 0.3) is 0 Å². The second-order valence-corrected chi connectivity index (χ2v) is 4.79. The summed E-state index contributed by atoms with van der Waals surface area (Å²) in [4.78, 5) is 2.40. The topological polar surface area (TPSA) is 42.4 Å². The molecule has 1 aromatic heterocycles. The molecule has 0 saturated carbocycles. The van der Waals surface area contributed by atoms with E-state index in [0.29, 0.717) is 0 Å². The number of nitrogens with zero attached hydrogens (tertiary/aromatic N) is 1. The lowest BCUT2D eigenvalue weighted by Crippen LogP contribution is -2.28. The molecular formula is C16H22N2O. The monoisotopic (exact) mass is 258 g/mol. The molecule has 1 unspecified atom stereocenters. The molecule has 0 bridgehead atoms. The Kier molecular flexibility index (Phi) is 5.19. The summed E-state index contributed by atoms with van der Waals surface area (Å²) in [5.41, 5.74) is 6.96. The summed E-state index contributed by atoms with van der Waals surface area (Å²) < 4.78 is 5.52. The summed E-state index contributed by atoms with van der Waals surface area (Å²) in [6, 6.07) is 14.8. The molecule has 102 valence electrons. The van der Waals surface area contributed by atoms with Crippen molar-refractivity contribution in [2.75, 3.05) is 13.1 Å². The number of benzene rings is 1. The van der Waals surface area contributed by atoms with Gasteiger partial charge in [-0.25, -0.2) is 0 Å². The molecule has 0 radical (unpaired) electrons. The van der Waals surface area contributed by atoms with Gasteiger partial charge in [0, 0.05) is 13.1 Å². The summed E-state index contributed by atoms with van der Waals surface area (Å²) in [5, 5.41) is 0. The van der Waals surface area contributed by atoms with Gasteiger partial charge in [0.1, 0.15) is 5.76 Å². The number of nitrogens with two attached hydrogens (primary N) is 1. The Morgan fingerprint density at radius 1 is 1.16 bits per heavy atom. The molecule has 0 aliphatic rings. The van der Waals surface area contributed by atoms with Gasteiger partial charge >= 0.3 is 0 Å². The first-order valence-electron chi connectivity index (χ1n) is 6.82. The summed E-state index contributed by atoms with van der Waals surface area (Å²) in [6.45, 7) is 4.80. The van der Waals surface area contributed by atoms with Crippen molar-refractivity contribution in [2.24, 2.45) is 5.73 Å². The van der Waals surface area contributed by atoms with E-state index in [1.54, 1.807) is 6.26 Å². The van der Waals surface area contributed by atoms with E-state index in [-0.39, 0.29) is 6.04 Å². The van der Waals surface area contributed by atoms with Gasteiger partial charge in [-0.2, -0.15) is 0 Å². The van der Waals surface area contributed by atoms with E-state index in [9.17, 15) is 0 Å². The fourth-order valence-electron chi connectivity index (χ4n) is 2.23. The minimum absolute atomic E-state index is 0.266. The molecular weight excluding hydrogens is 236 g/mol. The molecule has 1 atom stereocenters. The van der Waals surface area contributed by atoms with Crippen LogP contribution in [0.2, 0.25) is 0 Å². The summed E-state index contributed by atoms with van der Waals surface area (Å²) >= 11 is 0. The van der Waals surface area contributed by atoms with Crippen LogP contribution in [-0.4, -0.2) is 18.0 Å². The van der Waals surface area contributed by atoms with Crippen molar-refractivity contribution in [3.63, 3.8) is 0 Å². The van der Waals surface area contributed by atoms with Crippen molar-refractivity contribution in [1.29, 1.82) is 0 Å². The van der Waals surface area contributed by atoms with Crippen molar-refractivity contribution in [2.45, 2.75) is 25.9 Å². The van der Waals surface area contributed by atoms with Crippen LogP contribution in [0.25, 0.3) is 0 Å². The lowest BCUT2D eigenvalue weighted by molar-refractivity contribution is 0.178. The predicted octanol–water partition coefficient (Wildman–Crippen LogP) is 3.19. The number of furan rings is 1. The highest BCUT2D eigenvalue weighted by molar-refractivity contribution is 5.15. The molecule has 2 aromatic rings. The SMILES string of the molecule is CC(c1ccco1)N(CCCN)Cc1ccccc1. The van der Waals surface area contributed by atoms with E-state index in [1.165, 1.54) is 5.56 Å². The van der Waals surface area contributed by atoms with E-state index < -0.39 is 0 Å². The Hall–Kier alpha value is -1.58. The third kappa shape index (κ3) is 3.94. The first-order chi connectivity index (χ1) is 9.31. The Balaban J connectivity index is 2.07. The molecule has 1 heterocycles. The van der Waals surface area contributed by atoms with Crippen LogP contribution in [0.1, 0.15) is 30.7 Å². The Bertz CT molecular complexity index is 453. The lowest BCUT2D eigenvalue weighted by Gasteiger charge is -2.27. The largest absolute Gasteiger partial charge is 0.468 e. The molecule has 2 N–H and O–H groups in total. The molecule has 3 nitrogen and oxygen atoms in total. The average Bonchev–Trinajstić information content (AvgIpc) is 2.98. The third-order valence-corrected chi connectivity index (χ3v) is 3.38. The molecule has 0 spiro atoms. The zero-order valence-corrected chi connectivity index (χ0v) is 11.5. The molecule has 0 aliphatic heterocycles. The van der Waals surface area contributed by atoms with E-state index >= 15 is 0 Å². The molecule has 0 saturated heterocycles. The minimum atomic E-state index is 0.266. The molecule has 1 aromatic carbocycles. The Labute approximate surface area is 115 Å². The van der Waals surface area contributed by atoms with Crippen molar-refractivity contribution in [3.05, 3.63) is 60.1 Å². The maximum atomic E-state index is 5.64.